The monoisotopic (exact) mass is 617 g/mol. The first-order chi connectivity index (χ1) is 23.1. The van der Waals surface area contributed by atoms with E-state index in [0.29, 0.717) is 0 Å². The van der Waals surface area contributed by atoms with Crippen LogP contribution in [0, 0.1) is 0 Å². The number of hydrogen-bond donors (Lipinski definition) is 0. The molecule has 0 aliphatic heterocycles. The highest BCUT2D eigenvalue weighted by Crippen LogP contribution is 2.51. The lowest BCUT2D eigenvalue weighted by atomic mass is 9.82. The van der Waals surface area contributed by atoms with Gasteiger partial charge in [0.2, 0.25) is 0 Å². The van der Waals surface area contributed by atoms with Gasteiger partial charge in [-0.25, -0.2) is 0 Å². The molecule has 47 heavy (non-hydrogen) atoms. The number of hydrogen-bond acceptors (Lipinski definition) is 1. The molecule has 9 aromatic rings. The maximum Gasteiger partial charge on any atom is 0.0544 e. The number of benzene rings is 7. The van der Waals surface area contributed by atoms with Crippen LogP contribution in [-0.2, 0) is 5.41 Å². The Hall–Kier alpha value is -5.44. The molecule has 7 aromatic carbocycles. The number of nitrogens with zero attached hydrogens (tertiary/aromatic N) is 1. The van der Waals surface area contributed by atoms with E-state index in [1.54, 1.807) is 0 Å². The number of aromatic nitrogens is 1. The van der Waals surface area contributed by atoms with E-state index in [9.17, 15) is 0 Å². The van der Waals surface area contributed by atoms with Gasteiger partial charge in [-0.05, 0) is 93.0 Å². The van der Waals surface area contributed by atoms with Crippen LogP contribution in [0.1, 0.15) is 25.0 Å². The molecule has 0 N–H and O–H groups in total. The Morgan fingerprint density at radius 3 is 2.06 bits per heavy atom. The summed E-state index contributed by atoms with van der Waals surface area (Å²) >= 11 is 1.89. The predicted octanol–water partition coefficient (Wildman–Crippen LogP) is 12.8. The Balaban J connectivity index is 1.19. The van der Waals surface area contributed by atoms with Gasteiger partial charge in [0.15, 0.2) is 0 Å². The first-order valence-electron chi connectivity index (χ1n) is 16.4. The highest BCUT2D eigenvalue weighted by Gasteiger charge is 2.36. The van der Waals surface area contributed by atoms with Gasteiger partial charge >= 0.3 is 0 Å². The van der Waals surface area contributed by atoms with Crippen molar-refractivity contribution in [1.29, 1.82) is 0 Å². The highest BCUT2D eigenvalue weighted by molar-refractivity contribution is 7.26. The third-order valence-corrected chi connectivity index (χ3v) is 11.6. The zero-order chi connectivity index (χ0) is 31.3. The Labute approximate surface area is 278 Å². The minimum Gasteiger partial charge on any atom is -0.309 e. The van der Waals surface area contributed by atoms with Crippen LogP contribution < -0.4 is 0 Å². The number of para-hydroxylation sites is 1. The summed E-state index contributed by atoms with van der Waals surface area (Å²) in [4.78, 5) is 0. The normalized spacial score (nSPS) is 13.5. The number of fused-ring (bicyclic) bond motifs is 9. The molecular weight excluding hydrogens is 587 g/mol. The lowest BCUT2D eigenvalue weighted by Gasteiger charge is -2.21. The van der Waals surface area contributed by atoms with Gasteiger partial charge in [0.25, 0.3) is 0 Å². The molecule has 0 saturated carbocycles. The minimum atomic E-state index is -0.0546. The lowest BCUT2D eigenvalue weighted by molar-refractivity contribution is 0.661. The fourth-order valence-electron chi connectivity index (χ4n) is 8.09. The summed E-state index contributed by atoms with van der Waals surface area (Å²) in [6.45, 7) is 4.73. The van der Waals surface area contributed by atoms with Crippen LogP contribution in [0.5, 0.6) is 0 Å². The van der Waals surface area contributed by atoms with Crippen molar-refractivity contribution in [1.82, 2.24) is 4.57 Å². The van der Waals surface area contributed by atoms with E-state index in [0.717, 1.165) is 0 Å². The molecule has 0 spiro atoms. The van der Waals surface area contributed by atoms with E-state index < -0.39 is 0 Å². The van der Waals surface area contributed by atoms with Gasteiger partial charge in [-0.1, -0.05) is 117 Å². The average molecular weight is 618 g/mol. The second-order valence-corrected chi connectivity index (χ2v) is 14.4. The quantitative estimate of drug-likeness (QED) is 0.186. The van der Waals surface area contributed by atoms with Crippen molar-refractivity contribution in [2.75, 3.05) is 0 Å². The minimum absolute atomic E-state index is 0.0546. The molecule has 0 fully saturated rings. The van der Waals surface area contributed by atoms with Crippen molar-refractivity contribution < 1.29 is 0 Å². The van der Waals surface area contributed by atoms with Crippen LogP contribution in [0.15, 0.2) is 152 Å². The number of rotatable bonds is 3. The second kappa shape index (κ2) is 9.78. The molecule has 222 valence electrons. The molecule has 0 bridgehead atoms. The summed E-state index contributed by atoms with van der Waals surface area (Å²) < 4.78 is 5.14. The molecular formula is C45H31NS. The largest absolute Gasteiger partial charge is 0.309 e. The summed E-state index contributed by atoms with van der Waals surface area (Å²) in [5, 5.41) is 5.25. The molecule has 0 amide bonds. The van der Waals surface area contributed by atoms with Crippen LogP contribution in [0.2, 0.25) is 0 Å². The van der Waals surface area contributed by atoms with Crippen molar-refractivity contribution >= 4 is 53.3 Å². The highest BCUT2D eigenvalue weighted by atomic mass is 32.1. The van der Waals surface area contributed by atoms with E-state index in [1.807, 2.05) is 11.3 Å². The fourth-order valence-corrected chi connectivity index (χ4v) is 9.33. The molecule has 0 saturated heterocycles. The second-order valence-electron chi connectivity index (χ2n) is 13.3. The summed E-state index contributed by atoms with van der Waals surface area (Å²) in [6.07, 6.45) is 0. The van der Waals surface area contributed by atoms with Gasteiger partial charge in [-0.2, -0.15) is 0 Å². The molecule has 1 nitrogen and oxygen atoms in total. The van der Waals surface area contributed by atoms with E-state index >= 15 is 0 Å². The van der Waals surface area contributed by atoms with Crippen LogP contribution in [0.25, 0.3) is 81.0 Å². The first-order valence-corrected chi connectivity index (χ1v) is 17.2. The van der Waals surface area contributed by atoms with Crippen molar-refractivity contribution in [3.05, 3.63) is 163 Å². The Bertz CT molecular complexity index is 2700. The molecule has 1 aliphatic rings. The standard InChI is InChI=1S/C45H31NS/c1-45(2)39-20-8-6-16-33(39)36-26-38-37-25-29(22-23-41(37)46(42(38)27-40(36)45)31-14-4-3-5-15-31)28-12-10-13-30(24-28)32-18-11-19-35-34-17-7-9-21-43(34)47-44(32)35/h3-27H,1-2H3. The maximum absolute atomic E-state index is 2.46. The van der Waals surface area contributed by atoms with Crippen molar-refractivity contribution in [2.45, 2.75) is 19.3 Å². The SMILES string of the molecule is CC1(C)c2ccccc2-c2cc3c4cc(-c5cccc(-c6cccc7c6sc6ccccc67)c5)ccc4n(-c4ccccc4)c3cc21. The van der Waals surface area contributed by atoms with E-state index in [1.165, 1.54) is 92.2 Å². The summed E-state index contributed by atoms with van der Waals surface area (Å²) in [5.74, 6) is 0. The lowest BCUT2D eigenvalue weighted by Crippen LogP contribution is -2.14. The van der Waals surface area contributed by atoms with Gasteiger partial charge in [0.1, 0.15) is 0 Å². The molecule has 10 rings (SSSR count). The van der Waals surface area contributed by atoms with E-state index in [4.69, 9.17) is 0 Å². The van der Waals surface area contributed by atoms with Gasteiger partial charge in [0.05, 0.1) is 11.0 Å². The van der Waals surface area contributed by atoms with Gasteiger partial charge in [0, 0.05) is 42.0 Å². The summed E-state index contributed by atoms with van der Waals surface area (Å²) in [6, 6.07) is 56.3. The van der Waals surface area contributed by atoms with Crippen LogP contribution in [-0.4, -0.2) is 4.57 Å². The zero-order valence-electron chi connectivity index (χ0n) is 26.3. The van der Waals surface area contributed by atoms with Crippen LogP contribution in [0.4, 0.5) is 0 Å². The zero-order valence-corrected chi connectivity index (χ0v) is 27.1. The van der Waals surface area contributed by atoms with Gasteiger partial charge < -0.3 is 4.57 Å². The van der Waals surface area contributed by atoms with Crippen LogP contribution >= 0.6 is 11.3 Å². The van der Waals surface area contributed by atoms with Crippen molar-refractivity contribution in [3.63, 3.8) is 0 Å². The topological polar surface area (TPSA) is 4.93 Å². The number of thiophene rings is 1. The molecule has 0 unspecified atom stereocenters. The Morgan fingerprint density at radius 2 is 1.15 bits per heavy atom. The smallest absolute Gasteiger partial charge is 0.0544 e. The van der Waals surface area contributed by atoms with Crippen molar-refractivity contribution in [2.24, 2.45) is 0 Å². The average Bonchev–Trinajstić information content (AvgIpc) is 3.73. The Morgan fingerprint density at radius 1 is 0.447 bits per heavy atom. The fraction of sp³-hybridized carbons (Fsp3) is 0.0667. The predicted molar refractivity (Wildman–Crippen MR) is 202 cm³/mol. The summed E-state index contributed by atoms with van der Waals surface area (Å²) in [7, 11) is 0. The summed E-state index contributed by atoms with van der Waals surface area (Å²) in [5.41, 5.74) is 14.2. The molecule has 0 radical (unpaired) electrons. The molecule has 2 aromatic heterocycles. The van der Waals surface area contributed by atoms with E-state index in [2.05, 4.69) is 170 Å². The Kier molecular flexibility index (Phi) is 5.57. The van der Waals surface area contributed by atoms with Gasteiger partial charge in [-0.3, -0.25) is 0 Å². The first kappa shape index (κ1) is 26.7. The maximum atomic E-state index is 2.46. The molecule has 2 heterocycles. The van der Waals surface area contributed by atoms with Gasteiger partial charge in [-0.15, -0.1) is 11.3 Å². The van der Waals surface area contributed by atoms with E-state index in [-0.39, 0.29) is 5.41 Å². The molecule has 2 heteroatoms. The molecule has 1 aliphatic carbocycles. The third-order valence-electron chi connectivity index (χ3n) is 10.4. The van der Waals surface area contributed by atoms with Crippen molar-refractivity contribution in [3.8, 4) is 39.1 Å². The van der Waals surface area contributed by atoms with Crippen LogP contribution in [0.3, 0.4) is 0 Å². The third kappa shape index (κ3) is 3.83. The molecule has 0 atom stereocenters.